The molecule has 2 aromatic heterocycles. The minimum Gasteiger partial charge on any atom is -0.203 e. The lowest BCUT2D eigenvalue weighted by Gasteiger charge is -2.17. The van der Waals surface area contributed by atoms with E-state index in [9.17, 15) is 22.0 Å². The van der Waals surface area contributed by atoms with Gasteiger partial charge >= 0.3 is 0 Å². The standard InChI is InChI=1S/C15H7F5S2/c16-11-10(12(17)14(19)15(20)13(11)18)9(7-3-1-5-21-7)8-4-2-6-22-8/h1-6,9H. The van der Waals surface area contributed by atoms with Crippen LogP contribution >= 0.6 is 22.7 Å². The first-order valence-electron chi connectivity index (χ1n) is 6.10. The molecule has 0 saturated heterocycles. The zero-order valence-corrected chi connectivity index (χ0v) is 12.4. The summed E-state index contributed by atoms with van der Waals surface area (Å²) in [5, 5.41) is 3.37. The monoisotopic (exact) mass is 346 g/mol. The van der Waals surface area contributed by atoms with Crippen molar-refractivity contribution in [3.63, 3.8) is 0 Å². The molecule has 0 aliphatic heterocycles. The molecular weight excluding hydrogens is 339 g/mol. The van der Waals surface area contributed by atoms with Crippen molar-refractivity contribution < 1.29 is 22.0 Å². The molecule has 0 N–H and O–H groups in total. The molecule has 0 atom stereocenters. The molecule has 3 aromatic rings. The first-order chi connectivity index (χ1) is 10.5. The van der Waals surface area contributed by atoms with Crippen molar-refractivity contribution in [2.45, 2.75) is 5.92 Å². The first kappa shape index (κ1) is 15.2. The van der Waals surface area contributed by atoms with E-state index in [0.29, 0.717) is 9.75 Å². The van der Waals surface area contributed by atoms with Crippen molar-refractivity contribution in [3.05, 3.63) is 79.4 Å². The maximum atomic E-state index is 14.1. The number of halogens is 5. The van der Waals surface area contributed by atoms with Crippen LogP contribution in [0.15, 0.2) is 35.0 Å². The first-order valence-corrected chi connectivity index (χ1v) is 7.86. The van der Waals surface area contributed by atoms with Gasteiger partial charge in [0.2, 0.25) is 5.82 Å². The minimum atomic E-state index is -2.14. The van der Waals surface area contributed by atoms with Crippen LogP contribution in [0.4, 0.5) is 22.0 Å². The molecule has 0 unspecified atom stereocenters. The highest BCUT2D eigenvalue weighted by molar-refractivity contribution is 7.11. The van der Waals surface area contributed by atoms with Gasteiger partial charge in [-0.1, -0.05) is 12.1 Å². The Morgan fingerprint density at radius 1 is 0.636 bits per heavy atom. The van der Waals surface area contributed by atoms with Gasteiger partial charge in [0.1, 0.15) is 0 Å². The molecular formula is C15H7F5S2. The van der Waals surface area contributed by atoms with Crippen LogP contribution in [0.25, 0.3) is 0 Å². The molecule has 2 heterocycles. The number of thiophene rings is 2. The summed E-state index contributed by atoms with van der Waals surface area (Å²) in [7, 11) is 0. The maximum absolute atomic E-state index is 14.1. The molecule has 0 aliphatic rings. The van der Waals surface area contributed by atoms with Gasteiger partial charge in [-0.05, 0) is 22.9 Å². The minimum absolute atomic E-state index is 0.505. The average Bonchev–Trinajstić information content (AvgIpc) is 3.20. The Bertz CT molecular complexity index is 731. The quantitative estimate of drug-likeness (QED) is 0.325. The van der Waals surface area contributed by atoms with Crippen molar-refractivity contribution >= 4 is 22.7 Å². The molecule has 114 valence electrons. The highest BCUT2D eigenvalue weighted by atomic mass is 32.1. The van der Waals surface area contributed by atoms with E-state index >= 15 is 0 Å². The third-order valence-corrected chi connectivity index (χ3v) is 5.06. The van der Waals surface area contributed by atoms with Gasteiger partial charge < -0.3 is 0 Å². The molecule has 0 radical (unpaired) electrons. The highest BCUT2D eigenvalue weighted by Crippen LogP contribution is 2.40. The van der Waals surface area contributed by atoms with E-state index in [1.54, 1.807) is 35.0 Å². The van der Waals surface area contributed by atoms with Crippen LogP contribution in [-0.4, -0.2) is 0 Å². The SMILES string of the molecule is Fc1c(F)c(F)c(C(c2cccs2)c2cccs2)c(F)c1F. The maximum Gasteiger partial charge on any atom is 0.200 e. The van der Waals surface area contributed by atoms with Gasteiger partial charge in [-0.25, -0.2) is 22.0 Å². The molecule has 0 amide bonds. The van der Waals surface area contributed by atoms with Crippen molar-refractivity contribution in [1.29, 1.82) is 0 Å². The van der Waals surface area contributed by atoms with Crippen LogP contribution in [0.5, 0.6) is 0 Å². The van der Waals surface area contributed by atoms with E-state index in [4.69, 9.17) is 0 Å². The summed E-state index contributed by atoms with van der Waals surface area (Å²) in [4.78, 5) is 1.01. The lowest BCUT2D eigenvalue weighted by atomic mass is 9.94. The summed E-state index contributed by atoms with van der Waals surface area (Å²) >= 11 is 2.38. The molecule has 22 heavy (non-hydrogen) atoms. The summed E-state index contributed by atoms with van der Waals surface area (Å²) in [5.41, 5.74) is -0.818. The average molecular weight is 346 g/mol. The van der Waals surface area contributed by atoms with Crippen LogP contribution in [0, 0.1) is 29.1 Å². The molecule has 1 aromatic carbocycles. The smallest absolute Gasteiger partial charge is 0.200 e. The van der Waals surface area contributed by atoms with Gasteiger partial charge in [-0.3, -0.25) is 0 Å². The molecule has 0 spiro atoms. The molecule has 0 fully saturated rings. The number of rotatable bonds is 3. The Morgan fingerprint density at radius 2 is 1.05 bits per heavy atom. The molecule has 7 heteroatoms. The summed E-state index contributed by atoms with van der Waals surface area (Å²) in [5.74, 6) is -10.6. The fourth-order valence-corrected chi connectivity index (χ4v) is 3.99. The van der Waals surface area contributed by atoms with E-state index in [1.807, 2.05) is 0 Å². The van der Waals surface area contributed by atoms with Crippen LogP contribution in [0.1, 0.15) is 21.2 Å². The van der Waals surface area contributed by atoms with E-state index in [1.165, 1.54) is 22.7 Å². The van der Waals surface area contributed by atoms with Crippen molar-refractivity contribution in [2.24, 2.45) is 0 Å². The van der Waals surface area contributed by atoms with Gasteiger partial charge in [0.25, 0.3) is 0 Å². The van der Waals surface area contributed by atoms with E-state index in [-0.39, 0.29) is 0 Å². The molecule has 0 nitrogen and oxygen atoms in total. The van der Waals surface area contributed by atoms with Gasteiger partial charge in [0, 0.05) is 15.3 Å². The van der Waals surface area contributed by atoms with Crippen LogP contribution in [0.2, 0.25) is 0 Å². The lowest BCUT2D eigenvalue weighted by Crippen LogP contribution is -2.12. The number of hydrogen-bond acceptors (Lipinski definition) is 2. The Balaban J connectivity index is 2.31. The van der Waals surface area contributed by atoms with Gasteiger partial charge in [0.15, 0.2) is 23.3 Å². The Labute approximate surface area is 130 Å². The molecule has 0 saturated carbocycles. The topological polar surface area (TPSA) is 0 Å². The fraction of sp³-hybridized carbons (Fsp3) is 0.0667. The summed E-state index contributed by atoms with van der Waals surface area (Å²) in [6.07, 6.45) is 0. The second-order valence-electron chi connectivity index (χ2n) is 4.45. The largest absolute Gasteiger partial charge is 0.203 e. The summed E-state index contributed by atoms with van der Waals surface area (Å²) in [6.45, 7) is 0. The second kappa shape index (κ2) is 5.81. The van der Waals surface area contributed by atoms with Crippen molar-refractivity contribution in [2.75, 3.05) is 0 Å². The van der Waals surface area contributed by atoms with Gasteiger partial charge in [-0.15, -0.1) is 22.7 Å². The van der Waals surface area contributed by atoms with E-state index in [2.05, 4.69) is 0 Å². The van der Waals surface area contributed by atoms with Crippen molar-refractivity contribution in [3.8, 4) is 0 Å². The summed E-state index contributed by atoms with van der Waals surface area (Å²) in [6, 6.07) is 6.53. The zero-order chi connectivity index (χ0) is 15.9. The Morgan fingerprint density at radius 3 is 1.41 bits per heavy atom. The third-order valence-electron chi connectivity index (χ3n) is 3.19. The van der Waals surface area contributed by atoms with Crippen LogP contribution in [-0.2, 0) is 0 Å². The molecule has 3 rings (SSSR count). The fourth-order valence-electron chi connectivity index (χ4n) is 2.21. The summed E-state index contributed by atoms with van der Waals surface area (Å²) < 4.78 is 68.5. The third kappa shape index (κ3) is 2.34. The van der Waals surface area contributed by atoms with E-state index < -0.39 is 40.6 Å². The Kier molecular flexibility index (Phi) is 4.01. The normalized spacial score (nSPS) is 11.4. The van der Waals surface area contributed by atoms with Gasteiger partial charge in [-0.2, -0.15) is 0 Å². The lowest BCUT2D eigenvalue weighted by molar-refractivity contribution is 0.369. The number of benzene rings is 1. The molecule has 0 bridgehead atoms. The Hall–Kier alpha value is -1.73. The van der Waals surface area contributed by atoms with E-state index in [0.717, 1.165) is 0 Å². The zero-order valence-electron chi connectivity index (χ0n) is 10.7. The highest BCUT2D eigenvalue weighted by Gasteiger charge is 2.32. The predicted octanol–water partition coefficient (Wildman–Crippen LogP) is 5.69. The van der Waals surface area contributed by atoms with Crippen molar-refractivity contribution in [1.82, 2.24) is 0 Å². The van der Waals surface area contributed by atoms with Gasteiger partial charge in [0.05, 0.1) is 5.92 Å². The van der Waals surface area contributed by atoms with Crippen LogP contribution in [0.3, 0.4) is 0 Å². The number of hydrogen-bond donors (Lipinski definition) is 0. The predicted molar refractivity (Wildman–Crippen MR) is 75.8 cm³/mol. The van der Waals surface area contributed by atoms with Crippen LogP contribution < -0.4 is 0 Å². The second-order valence-corrected chi connectivity index (χ2v) is 6.41. The molecule has 0 aliphatic carbocycles.